The fourth-order valence-electron chi connectivity index (χ4n) is 3.92. The molecule has 5 rings (SSSR count). The van der Waals surface area contributed by atoms with Crippen LogP contribution in [0.1, 0.15) is 16.3 Å². The number of aromatic nitrogens is 3. The molecule has 1 saturated heterocycles. The largest absolute Gasteiger partial charge is 0.477 e. The number of imidazole rings is 1. The summed E-state index contributed by atoms with van der Waals surface area (Å²) >= 11 is 4.03. The monoisotopic (exact) mass is 545 g/mol. The Morgan fingerprint density at radius 1 is 1.39 bits per heavy atom. The van der Waals surface area contributed by atoms with Crippen molar-refractivity contribution in [2.24, 2.45) is 5.16 Å². The van der Waals surface area contributed by atoms with Crippen molar-refractivity contribution in [3.63, 3.8) is 0 Å². The SMILES string of the molecule is CO/N=C(\C(=O)N[C@@H]1C(=O)N2C(C(=O)O)=C(/C=C/c3sc4cncn4c3C)CS[C@H]12)c1csc(N)n1. The Hall–Kier alpha value is -3.69. The maximum Gasteiger partial charge on any atom is 0.352 e. The third-order valence-electron chi connectivity index (χ3n) is 5.62. The van der Waals surface area contributed by atoms with Crippen molar-refractivity contribution in [3.05, 3.63) is 51.5 Å². The maximum atomic E-state index is 13.0. The molecule has 3 aromatic heterocycles. The average molecular weight is 546 g/mol. The van der Waals surface area contributed by atoms with Gasteiger partial charge < -0.3 is 21.0 Å². The van der Waals surface area contributed by atoms with Crippen molar-refractivity contribution in [1.82, 2.24) is 24.6 Å². The number of carboxylic acids is 1. The summed E-state index contributed by atoms with van der Waals surface area (Å²) in [5.74, 6) is -2.05. The number of thiazole rings is 2. The molecule has 0 spiro atoms. The number of nitrogen functional groups attached to an aromatic ring is 1. The molecule has 36 heavy (non-hydrogen) atoms. The minimum absolute atomic E-state index is 0.0916. The number of amides is 2. The standard InChI is InChI=1S/C21H19N7O5S3/c1-9-12(36-13-5-23-8-27(9)13)4-3-10-6-34-19-15(18(30)28(19)16(10)20(31)32)25-17(29)14(26-33-2)11-7-35-21(22)24-11/h3-5,7-8,15,19H,6H2,1-2H3,(H2,22,24)(H,25,29)(H,31,32)/b4-3+,26-14-/t15-,19-/m1/s1. The quantitative estimate of drug-likeness (QED) is 0.227. The van der Waals surface area contributed by atoms with Crippen LogP contribution in [0.25, 0.3) is 10.9 Å². The maximum absolute atomic E-state index is 13.0. The third kappa shape index (κ3) is 4.04. The molecule has 0 radical (unpaired) electrons. The second-order valence-electron chi connectivity index (χ2n) is 7.72. The van der Waals surface area contributed by atoms with Gasteiger partial charge in [-0.15, -0.1) is 34.4 Å². The number of nitrogens with two attached hydrogens (primary N) is 1. The summed E-state index contributed by atoms with van der Waals surface area (Å²) in [7, 11) is 1.28. The number of carboxylic acid groups (broad SMARTS) is 1. The number of oxime groups is 1. The van der Waals surface area contributed by atoms with Crippen LogP contribution in [0.3, 0.4) is 0 Å². The number of carbonyl (C=O) groups excluding carboxylic acids is 2. The Bertz CT molecular complexity index is 1480. The van der Waals surface area contributed by atoms with E-state index in [1.54, 1.807) is 24.0 Å². The molecule has 12 nitrogen and oxygen atoms in total. The molecule has 0 bridgehead atoms. The molecule has 5 heterocycles. The lowest BCUT2D eigenvalue weighted by molar-refractivity contribution is -0.150. The molecular weight excluding hydrogens is 526 g/mol. The first kappa shape index (κ1) is 24.0. The number of allylic oxidation sites excluding steroid dienone is 1. The molecule has 0 saturated carbocycles. The van der Waals surface area contributed by atoms with E-state index >= 15 is 0 Å². The van der Waals surface area contributed by atoms with Crippen molar-refractivity contribution in [2.75, 3.05) is 18.6 Å². The highest BCUT2D eigenvalue weighted by Crippen LogP contribution is 2.41. The molecule has 3 aromatic rings. The molecule has 0 unspecified atom stereocenters. The zero-order chi connectivity index (χ0) is 25.6. The van der Waals surface area contributed by atoms with E-state index in [9.17, 15) is 19.5 Å². The number of hydrogen-bond acceptors (Lipinski definition) is 11. The molecule has 1 fully saturated rings. The Kier molecular flexibility index (Phi) is 6.27. The normalized spacial score (nSPS) is 20.1. The van der Waals surface area contributed by atoms with Gasteiger partial charge in [0, 0.05) is 21.7 Å². The van der Waals surface area contributed by atoms with E-state index in [4.69, 9.17) is 10.6 Å². The number of β-lactam (4-membered cyclic amide) rings is 1. The highest BCUT2D eigenvalue weighted by molar-refractivity contribution is 8.00. The molecular formula is C21H19N7O5S3. The first-order valence-electron chi connectivity index (χ1n) is 10.4. The zero-order valence-electron chi connectivity index (χ0n) is 18.9. The first-order valence-corrected chi connectivity index (χ1v) is 13.2. The lowest BCUT2D eigenvalue weighted by Gasteiger charge is -2.49. The van der Waals surface area contributed by atoms with Crippen LogP contribution in [0.2, 0.25) is 0 Å². The van der Waals surface area contributed by atoms with E-state index in [2.05, 4.69) is 20.4 Å². The number of fused-ring (bicyclic) bond motifs is 2. The summed E-state index contributed by atoms with van der Waals surface area (Å²) in [5, 5.41) is 17.5. The van der Waals surface area contributed by atoms with Crippen molar-refractivity contribution in [1.29, 1.82) is 0 Å². The summed E-state index contributed by atoms with van der Waals surface area (Å²) < 4.78 is 1.95. The van der Waals surface area contributed by atoms with Crippen LogP contribution in [0.5, 0.6) is 0 Å². The van der Waals surface area contributed by atoms with Crippen LogP contribution in [-0.4, -0.2) is 72.1 Å². The molecule has 2 aliphatic heterocycles. The van der Waals surface area contributed by atoms with E-state index in [0.29, 0.717) is 11.3 Å². The molecule has 0 aromatic carbocycles. The van der Waals surface area contributed by atoms with Gasteiger partial charge in [-0.05, 0) is 18.6 Å². The number of aliphatic carboxylic acids is 1. The van der Waals surface area contributed by atoms with Gasteiger partial charge in [0.15, 0.2) is 10.8 Å². The number of hydrogen-bond donors (Lipinski definition) is 3. The Morgan fingerprint density at radius 2 is 2.19 bits per heavy atom. The van der Waals surface area contributed by atoms with Gasteiger partial charge in [-0.2, -0.15) is 0 Å². The van der Waals surface area contributed by atoms with Crippen molar-refractivity contribution < 1.29 is 24.3 Å². The van der Waals surface area contributed by atoms with Crippen LogP contribution in [-0.2, 0) is 19.2 Å². The zero-order valence-corrected chi connectivity index (χ0v) is 21.3. The number of aryl methyl sites for hydroxylation is 1. The van der Waals surface area contributed by atoms with Crippen LogP contribution in [0, 0.1) is 6.92 Å². The molecule has 0 aliphatic carbocycles. The molecule has 15 heteroatoms. The number of rotatable bonds is 7. The van der Waals surface area contributed by atoms with E-state index in [0.717, 1.165) is 26.7 Å². The lowest BCUT2D eigenvalue weighted by atomic mass is 10.0. The van der Waals surface area contributed by atoms with Crippen molar-refractivity contribution >= 4 is 74.0 Å². The van der Waals surface area contributed by atoms with Gasteiger partial charge in [-0.1, -0.05) is 11.2 Å². The van der Waals surface area contributed by atoms with E-state index in [-0.39, 0.29) is 22.2 Å². The highest BCUT2D eigenvalue weighted by atomic mass is 32.2. The molecule has 2 atom stereocenters. The lowest BCUT2D eigenvalue weighted by Crippen LogP contribution is -2.71. The number of carbonyl (C=O) groups is 3. The fraction of sp³-hybridized carbons (Fsp3) is 0.238. The number of nitrogens with zero attached hydrogens (tertiary/aromatic N) is 5. The van der Waals surface area contributed by atoms with Crippen LogP contribution < -0.4 is 11.1 Å². The predicted octanol–water partition coefficient (Wildman–Crippen LogP) is 1.55. The van der Waals surface area contributed by atoms with E-state index in [1.165, 1.54) is 35.1 Å². The molecule has 186 valence electrons. The van der Waals surface area contributed by atoms with Crippen LogP contribution >= 0.6 is 34.4 Å². The third-order valence-corrected chi connectivity index (χ3v) is 8.76. The number of anilines is 1. The molecule has 4 N–H and O–H groups in total. The minimum atomic E-state index is -1.21. The highest BCUT2D eigenvalue weighted by Gasteiger charge is 2.54. The second kappa shape index (κ2) is 9.40. The van der Waals surface area contributed by atoms with E-state index in [1.807, 2.05) is 17.4 Å². The average Bonchev–Trinajstić information content (AvgIpc) is 3.56. The topological polar surface area (TPSA) is 165 Å². The van der Waals surface area contributed by atoms with Gasteiger partial charge in [0.2, 0.25) is 0 Å². The number of nitrogens with one attached hydrogen (secondary N) is 1. The van der Waals surface area contributed by atoms with Gasteiger partial charge in [0.1, 0.15) is 41.1 Å². The van der Waals surface area contributed by atoms with Gasteiger partial charge in [0.25, 0.3) is 11.8 Å². The van der Waals surface area contributed by atoms with Gasteiger partial charge in [-0.3, -0.25) is 18.9 Å². The van der Waals surface area contributed by atoms with Crippen LogP contribution in [0.4, 0.5) is 5.13 Å². The summed E-state index contributed by atoms with van der Waals surface area (Å²) in [6.45, 7) is 1.95. The Balaban J connectivity index is 1.36. The molecule has 2 amide bonds. The Labute approximate surface area is 216 Å². The number of thioether (sulfide) groups is 1. The van der Waals surface area contributed by atoms with E-state index < -0.39 is 29.2 Å². The second-order valence-corrected chi connectivity index (χ2v) is 10.8. The smallest absolute Gasteiger partial charge is 0.352 e. The fourth-order valence-corrected chi connectivity index (χ4v) is 6.79. The summed E-state index contributed by atoms with van der Waals surface area (Å²) in [6, 6.07) is -0.922. The predicted molar refractivity (Wildman–Crippen MR) is 137 cm³/mol. The van der Waals surface area contributed by atoms with Gasteiger partial charge >= 0.3 is 5.97 Å². The van der Waals surface area contributed by atoms with Gasteiger partial charge in [0.05, 0.1) is 6.20 Å². The Morgan fingerprint density at radius 3 is 2.86 bits per heavy atom. The van der Waals surface area contributed by atoms with Crippen LogP contribution in [0.15, 0.2) is 40.4 Å². The van der Waals surface area contributed by atoms with Gasteiger partial charge in [-0.25, -0.2) is 14.8 Å². The minimum Gasteiger partial charge on any atom is -0.477 e. The van der Waals surface area contributed by atoms with Crippen molar-refractivity contribution in [3.8, 4) is 0 Å². The summed E-state index contributed by atoms with van der Waals surface area (Å²) in [5.41, 5.74) is 7.14. The van der Waals surface area contributed by atoms with Crippen molar-refractivity contribution in [2.45, 2.75) is 18.3 Å². The first-order chi connectivity index (χ1) is 17.3. The summed E-state index contributed by atoms with van der Waals surface area (Å²) in [6.07, 6.45) is 7.06. The molecule has 2 aliphatic rings. The summed E-state index contributed by atoms with van der Waals surface area (Å²) in [4.78, 5) is 54.1.